The highest BCUT2D eigenvalue weighted by molar-refractivity contribution is 5.14. The number of rotatable bonds is 4. The Balaban J connectivity index is 2.21. The van der Waals surface area contributed by atoms with Crippen LogP contribution in [-0.4, -0.2) is 34.3 Å². The SMILES string of the molecule is CCn1nc(C)cc1[C@H]1CCCN1CCN. The van der Waals surface area contributed by atoms with Crippen LogP contribution in [0.2, 0.25) is 0 Å². The third kappa shape index (κ3) is 2.13. The molecule has 0 amide bonds. The highest BCUT2D eigenvalue weighted by Crippen LogP contribution is 2.31. The summed E-state index contributed by atoms with van der Waals surface area (Å²) in [6, 6.07) is 2.76. The van der Waals surface area contributed by atoms with E-state index in [0.717, 1.165) is 25.3 Å². The van der Waals surface area contributed by atoms with Gasteiger partial charge in [-0.2, -0.15) is 5.10 Å². The van der Waals surface area contributed by atoms with Crippen molar-refractivity contribution in [3.8, 4) is 0 Å². The smallest absolute Gasteiger partial charge is 0.0597 e. The van der Waals surface area contributed by atoms with E-state index in [-0.39, 0.29) is 0 Å². The van der Waals surface area contributed by atoms with Crippen molar-refractivity contribution in [3.05, 3.63) is 17.5 Å². The van der Waals surface area contributed by atoms with Gasteiger partial charge in [0.15, 0.2) is 0 Å². The molecule has 0 aliphatic carbocycles. The molecule has 1 aliphatic heterocycles. The predicted molar refractivity (Wildman–Crippen MR) is 65.2 cm³/mol. The Bertz CT molecular complexity index is 345. The third-order valence-corrected chi connectivity index (χ3v) is 3.35. The van der Waals surface area contributed by atoms with Crippen LogP contribution in [0.4, 0.5) is 0 Å². The third-order valence-electron chi connectivity index (χ3n) is 3.35. The van der Waals surface area contributed by atoms with Gasteiger partial charge in [-0.05, 0) is 39.3 Å². The molecular formula is C12H22N4. The van der Waals surface area contributed by atoms with E-state index in [4.69, 9.17) is 5.73 Å². The van der Waals surface area contributed by atoms with Gasteiger partial charge in [0.05, 0.1) is 17.4 Å². The summed E-state index contributed by atoms with van der Waals surface area (Å²) >= 11 is 0. The molecule has 1 aromatic heterocycles. The van der Waals surface area contributed by atoms with Gasteiger partial charge in [-0.15, -0.1) is 0 Å². The van der Waals surface area contributed by atoms with Crippen LogP contribution in [0.3, 0.4) is 0 Å². The van der Waals surface area contributed by atoms with Gasteiger partial charge in [0.2, 0.25) is 0 Å². The monoisotopic (exact) mass is 222 g/mol. The van der Waals surface area contributed by atoms with E-state index in [1.165, 1.54) is 25.1 Å². The molecule has 1 atom stereocenters. The van der Waals surface area contributed by atoms with Crippen molar-refractivity contribution in [2.45, 2.75) is 39.3 Å². The largest absolute Gasteiger partial charge is 0.329 e. The Labute approximate surface area is 97.4 Å². The van der Waals surface area contributed by atoms with Crippen molar-refractivity contribution in [2.24, 2.45) is 5.73 Å². The van der Waals surface area contributed by atoms with E-state index < -0.39 is 0 Å². The highest BCUT2D eigenvalue weighted by Gasteiger charge is 2.27. The fraction of sp³-hybridized carbons (Fsp3) is 0.750. The van der Waals surface area contributed by atoms with Crippen LogP contribution in [0, 0.1) is 6.92 Å². The number of aromatic nitrogens is 2. The van der Waals surface area contributed by atoms with Gasteiger partial charge in [0, 0.05) is 19.6 Å². The average molecular weight is 222 g/mol. The fourth-order valence-corrected chi connectivity index (χ4v) is 2.68. The Morgan fingerprint density at radius 2 is 2.38 bits per heavy atom. The molecule has 1 saturated heterocycles. The zero-order valence-corrected chi connectivity index (χ0v) is 10.3. The minimum atomic E-state index is 0.532. The second-order valence-electron chi connectivity index (χ2n) is 4.51. The lowest BCUT2D eigenvalue weighted by Crippen LogP contribution is -2.30. The first-order chi connectivity index (χ1) is 7.76. The van der Waals surface area contributed by atoms with Crippen LogP contribution in [0.5, 0.6) is 0 Å². The van der Waals surface area contributed by atoms with Gasteiger partial charge in [0.25, 0.3) is 0 Å². The second kappa shape index (κ2) is 4.97. The molecule has 2 heterocycles. The van der Waals surface area contributed by atoms with Gasteiger partial charge in [-0.25, -0.2) is 0 Å². The quantitative estimate of drug-likeness (QED) is 0.835. The minimum absolute atomic E-state index is 0.532. The Morgan fingerprint density at radius 3 is 3.06 bits per heavy atom. The first-order valence-electron chi connectivity index (χ1n) is 6.24. The lowest BCUT2D eigenvalue weighted by molar-refractivity contribution is 0.253. The molecule has 0 spiro atoms. The Kier molecular flexibility index (Phi) is 3.61. The first-order valence-corrected chi connectivity index (χ1v) is 6.24. The van der Waals surface area contributed by atoms with E-state index in [0.29, 0.717) is 6.04 Å². The highest BCUT2D eigenvalue weighted by atomic mass is 15.3. The molecule has 2 rings (SSSR count). The molecule has 0 saturated carbocycles. The lowest BCUT2D eigenvalue weighted by atomic mass is 10.1. The molecule has 16 heavy (non-hydrogen) atoms. The molecule has 0 aromatic carbocycles. The van der Waals surface area contributed by atoms with Crippen molar-refractivity contribution < 1.29 is 0 Å². The Hall–Kier alpha value is -0.870. The minimum Gasteiger partial charge on any atom is -0.329 e. The van der Waals surface area contributed by atoms with Crippen LogP contribution in [0.1, 0.15) is 37.2 Å². The van der Waals surface area contributed by atoms with Crippen LogP contribution >= 0.6 is 0 Å². The van der Waals surface area contributed by atoms with Gasteiger partial charge in [-0.3, -0.25) is 9.58 Å². The molecule has 90 valence electrons. The maximum absolute atomic E-state index is 5.66. The molecule has 1 fully saturated rings. The van der Waals surface area contributed by atoms with Gasteiger partial charge >= 0.3 is 0 Å². The standard InChI is InChI=1S/C12H22N4/c1-3-16-12(9-10(2)14-16)11-5-4-7-15(11)8-6-13/h9,11H,3-8,13H2,1-2H3/t11-/m1/s1. The second-order valence-corrected chi connectivity index (χ2v) is 4.51. The van der Waals surface area contributed by atoms with E-state index in [9.17, 15) is 0 Å². The summed E-state index contributed by atoms with van der Waals surface area (Å²) in [5.74, 6) is 0. The Morgan fingerprint density at radius 1 is 1.56 bits per heavy atom. The summed E-state index contributed by atoms with van der Waals surface area (Å²) in [5.41, 5.74) is 8.15. The normalized spacial score (nSPS) is 21.8. The van der Waals surface area contributed by atoms with E-state index in [1.54, 1.807) is 0 Å². The van der Waals surface area contributed by atoms with Crippen molar-refractivity contribution in [1.82, 2.24) is 14.7 Å². The van der Waals surface area contributed by atoms with Crippen LogP contribution in [0.25, 0.3) is 0 Å². The molecule has 4 nitrogen and oxygen atoms in total. The average Bonchev–Trinajstić information content (AvgIpc) is 2.84. The summed E-state index contributed by atoms with van der Waals surface area (Å²) in [4.78, 5) is 2.49. The summed E-state index contributed by atoms with van der Waals surface area (Å²) in [7, 11) is 0. The molecule has 1 aromatic rings. The number of hydrogen-bond donors (Lipinski definition) is 1. The molecule has 0 unspecified atom stereocenters. The van der Waals surface area contributed by atoms with Gasteiger partial charge < -0.3 is 5.73 Å². The van der Waals surface area contributed by atoms with Crippen LogP contribution in [0.15, 0.2) is 6.07 Å². The zero-order chi connectivity index (χ0) is 11.5. The summed E-state index contributed by atoms with van der Waals surface area (Å²) in [6.07, 6.45) is 2.52. The summed E-state index contributed by atoms with van der Waals surface area (Å²) < 4.78 is 2.13. The molecule has 1 aliphatic rings. The van der Waals surface area contributed by atoms with Crippen molar-refractivity contribution in [1.29, 1.82) is 0 Å². The zero-order valence-electron chi connectivity index (χ0n) is 10.3. The number of likely N-dealkylation sites (tertiary alicyclic amines) is 1. The van der Waals surface area contributed by atoms with Gasteiger partial charge in [-0.1, -0.05) is 0 Å². The molecule has 2 N–H and O–H groups in total. The number of hydrogen-bond acceptors (Lipinski definition) is 3. The van der Waals surface area contributed by atoms with E-state index >= 15 is 0 Å². The molecule has 0 radical (unpaired) electrons. The first kappa shape index (κ1) is 11.6. The van der Waals surface area contributed by atoms with Crippen LogP contribution < -0.4 is 5.73 Å². The number of nitrogens with zero attached hydrogens (tertiary/aromatic N) is 3. The maximum atomic E-state index is 5.66. The summed E-state index contributed by atoms with van der Waals surface area (Å²) in [6.45, 7) is 8.09. The van der Waals surface area contributed by atoms with Crippen molar-refractivity contribution >= 4 is 0 Å². The fourth-order valence-electron chi connectivity index (χ4n) is 2.68. The maximum Gasteiger partial charge on any atom is 0.0597 e. The molecular weight excluding hydrogens is 200 g/mol. The van der Waals surface area contributed by atoms with E-state index in [1.807, 2.05) is 0 Å². The predicted octanol–water partition coefficient (Wildman–Crippen LogP) is 1.31. The van der Waals surface area contributed by atoms with Crippen LogP contribution in [-0.2, 0) is 6.54 Å². The topological polar surface area (TPSA) is 47.1 Å². The van der Waals surface area contributed by atoms with Gasteiger partial charge in [0.1, 0.15) is 0 Å². The summed E-state index contributed by atoms with van der Waals surface area (Å²) in [5, 5.41) is 4.53. The van der Waals surface area contributed by atoms with Crippen molar-refractivity contribution in [2.75, 3.05) is 19.6 Å². The lowest BCUT2D eigenvalue weighted by Gasteiger charge is -2.24. The molecule has 0 bridgehead atoms. The van der Waals surface area contributed by atoms with E-state index in [2.05, 4.69) is 34.6 Å². The van der Waals surface area contributed by atoms with Crippen molar-refractivity contribution in [3.63, 3.8) is 0 Å². The number of nitrogens with two attached hydrogens (primary N) is 1. The molecule has 4 heteroatoms. The number of aryl methyl sites for hydroxylation is 2.